The molecule has 0 spiro atoms. The first kappa shape index (κ1) is 24.7. The van der Waals surface area contributed by atoms with Gasteiger partial charge in [-0.1, -0.05) is 90.6 Å². The molecule has 0 amide bonds. The van der Waals surface area contributed by atoms with Gasteiger partial charge in [-0.15, -0.1) is 0 Å². The number of allylic oxidation sites excluding steroid dienone is 4. The van der Waals surface area contributed by atoms with Crippen LogP contribution in [0.5, 0.6) is 0 Å². The molecule has 0 saturated carbocycles. The van der Waals surface area contributed by atoms with Crippen molar-refractivity contribution in [3.05, 3.63) is 94.7 Å². The molecular weight excluding hydrogens is 374 g/mol. The van der Waals surface area contributed by atoms with Crippen LogP contribution in [0.4, 0.5) is 11.4 Å². The lowest BCUT2D eigenvalue weighted by Gasteiger charge is -2.33. The molecule has 0 fully saturated rings. The summed E-state index contributed by atoms with van der Waals surface area (Å²) in [5, 5.41) is 0. The largest absolute Gasteiger partial charge is 0.310 e. The van der Waals surface area contributed by atoms with Gasteiger partial charge in [-0.3, -0.25) is 0 Å². The third kappa shape index (κ3) is 5.58. The minimum absolute atomic E-state index is 0.125. The van der Waals surface area contributed by atoms with Gasteiger partial charge in [-0.25, -0.2) is 0 Å². The number of aryl methyl sites for hydroxylation is 2. The molecule has 0 unspecified atom stereocenters. The zero-order chi connectivity index (χ0) is 23.6. The topological polar surface area (TPSA) is 3.24 Å². The van der Waals surface area contributed by atoms with Gasteiger partial charge in [0.15, 0.2) is 0 Å². The summed E-state index contributed by atoms with van der Waals surface area (Å²) < 4.78 is 0. The summed E-state index contributed by atoms with van der Waals surface area (Å²) in [5.74, 6) is 0. The minimum atomic E-state index is 0.125. The predicted molar refractivity (Wildman–Crippen MR) is 140 cm³/mol. The quantitative estimate of drug-likeness (QED) is 0.440. The summed E-state index contributed by atoms with van der Waals surface area (Å²) in [4.78, 5) is 2.40. The van der Waals surface area contributed by atoms with E-state index < -0.39 is 0 Å². The zero-order valence-corrected chi connectivity index (χ0v) is 21.4. The first-order valence-corrected chi connectivity index (χ1v) is 11.3. The van der Waals surface area contributed by atoms with Crippen LogP contribution in [0.2, 0.25) is 0 Å². The monoisotopic (exact) mass is 415 g/mol. The van der Waals surface area contributed by atoms with Crippen molar-refractivity contribution in [2.45, 2.75) is 80.1 Å². The van der Waals surface area contributed by atoms with Gasteiger partial charge >= 0.3 is 0 Å². The number of hydrogen-bond donors (Lipinski definition) is 0. The van der Waals surface area contributed by atoms with Crippen molar-refractivity contribution in [1.29, 1.82) is 0 Å². The first-order valence-electron chi connectivity index (χ1n) is 11.3. The van der Waals surface area contributed by atoms with E-state index in [0.717, 1.165) is 0 Å². The maximum Gasteiger partial charge on any atom is 0.0491 e. The molecule has 0 aromatic heterocycles. The highest BCUT2D eigenvalue weighted by molar-refractivity contribution is 5.76. The summed E-state index contributed by atoms with van der Waals surface area (Å²) in [6.45, 7) is 26.2. The zero-order valence-electron chi connectivity index (χ0n) is 21.4. The van der Waals surface area contributed by atoms with Crippen molar-refractivity contribution >= 4 is 11.4 Å². The smallest absolute Gasteiger partial charge is 0.0491 e. The van der Waals surface area contributed by atoms with Crippen LogP contribution in [0.25, 0.3) is 0 Å². The number of benzene rings is 2. The van der Waals surface area contributed by atoms with Crippen LogP contribution in [0.1, 0.15) is 77.6 Å². The second kappa shape index (κ2) is 9.30. The highest BCUT2D eigenvalue weighted by atomic mass is 15.2. The van der Waals surface area contributed by atoms with E-state index in [4.69, 9.17) is 0 Å². The molecule has 1 heteroatoms. The van der Waals surface area contributed by atoms with E-state index in [2.05, 4.69) is 129 Å². The van der Waals surface area contributed by atoms with Gasteiger partial charge in [0.25, 0.3) is 0 Å². The van der Waals surface area contributed by atoms with Crippen LogP contribution in [0.3, 0.4) is 0 Å². The fourth-order valence-corrected chi connectivity index (χ4v) is 3.93. The lowest BCUT2D eigenvalue weighted by molar-refractivity contribution is 0.590. The van der Waals surface area contributed by atoms with Crippen molar-refractivity contribution in [2.24, 2.45) is 0 Å². The van der Waals surface area contributed by atoms with E-state index in [-0.39, 0.29) is 10.8 Å². The fourth-order valence-electron chi connectivity index (χ4n) is 3.93. The molecule has 0 radical (unpaired) electrons. The number of hydrogen-bond acceptors (Lipinski definition) is 1. The Kier molecular flexibility index (Phi) is 7.42. The van der Waals surface area contributed by atoms with E-state index in [9.17, 15) is 0 Å². The number of rotatable bonds is 5. The third-order valence-electron chi connectivity index (χ3n) is 5.89. The van der Waals surface area contributed by atoms with Crippen LogP contribution in [-0.2, 0) is 10.8 Å². The van der Waals surface area contributed by atoms with Crippen molar-refractivity contribution in [2.75, 3.05) is 4.90 Å². The maximum atomic E-state index is 3.91. The molecule has 0 heterocycles. The van der Waals surface area contributed by atoms with Crippen LogP contribution < -0.4 is 4.90 Å². The normalized spacial score (nSPS) is 13.4. The van der Waals surface area contributed by atoms with Gasteiger partial charge in [-0.2, -0.15) is 0 Å². The summed E-state index contributed by atoms with van der Waals surface area (Å²) in [6, 6.07) is 13.8. The lowest BCUT2D eigenvalue weighted by Crippen LogP contribution is -2.21. The molecule has 0 atom stereocenters. The SMILES string of the molecule is C=CC=C(C)C(=CC)N(c1ccc(C(C)(C)C)cc1C)c1ccc(C(C)(C)C)cc1C. The molecule has 0 aliphatic heterocycles. The van der Waals surface area contributed by atoms with Gasteiger partial charge in [0.1, 0.15) is 0 Å². The first-order chi connectivity index (χ1) is 14.3. The van der Waals surface area contributed by atoms with Crippen molar-refractivity contribution < 1.29 is 0 Å². The standard InChI is InChI=1S/C30H41N/c1-12-14-21(3)26(13-2)31(27-17-15-24(19-22(27)4)29(6,7)8)28-18-16-25(20-23(28)5)30(9,10)11/h12-20H,1H2,2-11H3. The Morgan fingerprint density at radius 1 is 0.806 bits per heavy atom. The van der Waals surface area contributed by atoms with Crippen molar-refractivity contribution in [3.8, 4) is 0 Å². The minimum Gasteiger partial charge on any atom is -0.310 e. The summed E-state index contributed by atoms with van der Waals surface area (Å²) in [5.41, 5.74) is 10.3. The molecule has 0 saturated heterocycles. The second-order valence-electron chi connectivity index (χ2n) is 10.6. The summed E-state index contributed by atoms with van der Waals surface area (Å²) in [6.07, 6.45) is 6.14. The molecule has 2 aromatic carbocycles. The van der Waals surface area contributed by atoms with E-state index in [1.807, 2.05) is 6.08 Å². The van der Waals surface area contributed by atoms with Crippen LogP contribution in [0, 0.1) is 13.8 Å². The Labute approximate surface area is 191 Å². The highest BCUT2D eigenvalue weighted by Crippen LogP contribution is 2.39. The van der Waals surface area contributed by atoms with Crippen LogP contribution in [0.15, 0.2) is 72.5 Å². The molecule has 2 rings (SSSR count). The maximum absolute atomic E-state index is 3.91. The highest BCUT2D eigenvalue weighted by Gasteiger charge is 2.23. The number of nitrogens with zero attached hydrogens (tertiary/aromatic N) is 1. The van der Waals surface area contributed by atoms with Gasteiger partial charge < -0.3 is 4.90 Å². The van der Waals surface area contributed by atoms with Gasteiger partial charge in [0.05, 0.1) is 0 Å². The Balaban J connectivity index is 2.78. The molecule has 0 aliphatic rings. The fraction of sp³-hybridized carbons (Fsp3) is 0.400. The molecule has 166 valence electrons. The van der Waals surface area contributed by atoms with Gasteiger partial charge in [0.2, 0.25) is 0 Å². The molecule has 1 nitrogen and oxygen atoms in total. The van der Waals surface area contributed by atoms with Gasteiger partial charge in [-0.05, 0) is 78.5 Å². The average Bonchev–Trinajstić information content (AvgIpc) is 2.65. The number of anilines is 2. The van der Waals surface area contributed by atoms with E-state index in [1.165, 1.54) is 44.9 Å². The average molecular weight is 416 g/mol. The summed E-state index contributed by atoms with van der Waals surface area (Å²) in [7, 11) is 0. The van der Waals surface area contributed by atoms with E-state index in [0.29, 0.717) is 0 Å². The molecule has 2 aromatic rings. The predicted octanol–water partition coefficient (Wildman–Crippen LogP) is 9.07. The van der Waals surface area contributed by atoms with Gasteiger partial charge in [0, 0.05) is 17.1 Å². The van der Waals surface area contributed by atoms with Crippen molar-refractivity contribution in [3.63, 3.8) is 0 Å². The summed E-state index contributed by atoms with van der Waals surface area (Å²) >= 11 is 0. The molecular formula is C30H41N. The Morgan fingerprint density at radius 3 is 1.52 bits per heavy atom. The lowest BCUT2D eigenvalue weighted by atomic mass is 9.85. The molecule has 31 heavy (non-hydrogen) atoms. The Hall–Kier alpha value is -2.54. The third-order valence-corrected chi connectivity index (χ3v) is 5.89. The van der Waals surface area contributed by atoms with Crippen molar-refractivity contribution in [1.82, 2.24) is 0 Å². The second-order valence-corrected chi connectivity index (χ2v) is 10.6. The van der Waals surface area contributed by atoms with Crippen LogP contribution >= 0.6 is 0 Å². The van der Waals surface area contributed by atoms with E-state index in [1.54, 1.807) is 0 Å². The van der Waals surface area contributed by atoms with Crippen LogP contribution in [-0.4, -0.2) is 0 Å². The van der Waals surface area contributed by atoms with E-state index >= 15 is 0 Å². The molecule has 0 N–H and O–H groups in total. The Morgan fingerprint density at radius 2 is 1.23 bits per heavy atom. The molecule has 0 bridgehead atoms. The Bertz CT molecular complexity index is 940. The molecule has 0 aliphatic carbocycles.